The summed E-state index contributed by atoms with van der Waals surface area (Å²) in [6.45, 7) is 5.40. The van der Waals surface area contributed by atoms with Crippen LogP contribution in [0.2, 0.25) is 0 Å². The quantitative estimate of drug-likeness (QED) is 0.284. The number of aromatic amines is 1. The maximum absolute atomic E-state index is 13.9. The Hall–Kier alpha value is -4.21. The zero-order valence-corrected chi connectivity index (χ0v) is 23.6. The Bertz CT molecular complexity index is 1440. The number of unbranched alkanes of at least 4 members (excludes halogenated alkanes) is 1. The van der Waals surface area contributed by atoms with E-state index in [2.05, 4.69) is 35.4 Å². The van der Waals surface area contributed by atoms with Gasteiger partial charge in [-0.3, -0.25) is 24.5 Å². The fraction of sp³-hybridized carbons (Fsp3) is 0.452. The first kappa shape index (κ1) is 28.3. The van der Waals surface area contributed by atoms with Crippen LogP contribution in [0, 0.1) is 16.0 Å². The van der Waals surface area contributed by atoms with Crippen molar-refractivity contribution in [3.63, 3.8) is 0 Å². The van der Waals surface area contributed by atoms with E-state index in [1.807, 2.05) is 18.0 Å². The van der Waals surface area contributed by atoms with Crippen LogP contribution in [0.3, 0.4) is 0 Å². The van der Waals surface area contributed by atoms with E-state index in [0.717, 1.165) is 48.6 Å². The number of piperazine rings is 1. The predicted molar refractivity (Wildman–Crippen MR) is 155 cm³/mol. The van der Waals surface area contributed by atoms with Crippen molar-refractivity contribution in [1.82, 2.24) is 20.1 Å². The average Bonchev–Trinajstić information content (AvgIpc) is 3.76. The number of nitro benzene ring substituents is 1. The Morgan fingerprint density at radius 1 is 1.12 bits per heavy atom. The number of fused-ring (bicyclic) bond motifs is 1. The van der Waals surface area contributed by atoms with E-state index < -0.39 is 16.9 Å². The summed E-state index contributed by atoms with van der Waals surface area (Å²) in [5.74, 6) is -0.391. The number of nitro groups is 1. The van der Waals surface area contributed by atoms with Gasteiger partial charge in [0.15, 0.2) is 0 Å². The molecule has 10 nitrogen and oxygen atoms in total. The lowest BCUT2D eigenvalue weighted by atomic mass is 10.0. The van der Waals surface area contributed by atoms with Gasteiger partial charge in [0.2, 0.25) is 11.8 Å². The molecule has 10 heteroatoms. The van der Waals surface area contributed by atoms with Crippen molar-refractivity contribution in [3.05, 3.63) is 75.5 Å². The highest BCUT2D eigenvalue weighted by molar-refractivity contribution is 5.98. The molecule has 3 amide bonds. The van der Waals surface area contributed by atoms with Crippen molar-refractivity contribution >= 4 is 34.3 Å². The second-order valence-electron chi connectivity index (χ2n) is 11.3. The number of benzene rings is 2. The van der Waals surface area contributed by atoms with Crippen LogP contribution in [0.5, 0.6) is 0 Å². The first-order valence-corrected chi connectivity index (χ1v) is 14.5. The van der Waals surface area contributed by atoms with E-state index in [1.54, 1.807) is 4.90 Å². The van der Waals surface area contributed by atoms with Crippen LogP contribution < -0.4 is 5.32 Å². The van der Waals surface area contributed by atoms with Crippen molar-refractivity contribution in [2.75, 3.05) is 19.6 Å². The minimum atomic E-state index is -0.852. The SMILES string of the molecule is CCCCc1ccc2c(CC(NC(=O)c3ccc([N+](=O)[O-])cc3)C(=O)N3CCN(C(=O)C4CC4)C(C)C3)c[nH]c2c1. The summed E-state index contributed by atoms with van der Waals surface area (Å²) >= 11 is 0. The lowest BCUT2D eigenvalue weighted by molar-refractivity contribution is -0.384. The van der Waals surface area contributed by atoms with Crippen LogP contribution in [0.4, 0.5) is 5.69 Å². The van der Waals surface area contributed by atoms with Gasteiger partial charge >= 0.3 is 0 Å². The Balaban J connectivity index is 1.36. The van der Waals surface area contributed by atoms with Gasteiger partial charge < -0.3 is 20.1 Å². The van der Waals surface area contributed by atoms with E-state index in [9.17, 15) is 24.5 Å². The summed E-state index contributed by atoms with van der Waals surface area (Å²) in [6.07, 6.45) is 7.28. The summed E-state index contributed by atoms with van der Waals surface area (Å²) in [7, 11) is 0. The Labute approximate surface area is 239 Å². The predicted octanol–water partition coefficient (Wildman–Crippen LogP) is 4.23. The molecule has 2 atom stereocenters. The highest BCUT2D eigenvalue weighted by atomic mass is 16.6. The molecule has 1 aliphatic heterocycles. The summed E-state index contributed by atoms with van der Waals surface area (Å²) in [5, 5.41) is 14.9. The molecular weight excluding hydrogens is 522 g/mol. The van der Waals surface area contributed by atoms with E-state index >= 15 is 0 Å². The van der Waals surface area contributed by atoms with Gasteiger partial charge in [0.1, 0.15) is 6.04 Å². The number of non-ortho nitro benzene ring substituents is 1. The molecule has 0 bridgehead atoms. The molecule has 0 radical (unpaired) electrons. The molecule has 1 aliphatic carbocycles. The maximum Gasteiger partial charge on any atom is 0.269 e. The molecule has 2 unspecified atom stereocenters. The third kappa shape index (κ3) is 6.42. The van der Waals surface area contributed by atoms with E-state index in [1.165, 1.54) is 29.8 Å². The van der Waals surface area contributed by atoms with Crippen LogP contribution in [0.15, 0.2) is 48.7 Å². The zero-order valence-electron chi connectivity index (χ0n) is 23.6. The van der Waals surface area contributed by atoms with Crippen LogP contribution in [-0.2, 0) is 22.4 Å². The fourth-order valence-corrected chi connectivity index (χ4v) is 5.61. The number of hydrogen-bond acceptors (Lipinski definition) is 5. The number of nitrogens with one attached hydrogen (secondary N) is 2. The van der Waals surface area contributed by atoms with Crippen molar-refractivity contribution in [2.24, 2.45) is 5.92 Å². The van der Waals surface area contributed by atoms with Crippen LogP contribution in [0.25, 0.3) is 10.9 Å². The molecule has 2 N–H and O–H groups in total. The lowest BCUT2D eigenvalue weighted by Crippen LogP contribution is -2.59. The zero-order chi connectivity index (χ0) is 29.1. The average molecular weight is 560 g/mol. The molecule has 2 aliphatic rings. The smallest absolute Gasteiger partial charge is 0.269 e. The molecule has 1 saturated heterocycles. The standard InChI is InChI=1S/C31H37N5O5/c1-3-4-5-21-6-13-26-24(18-32-27(26)16-21)17-28(33-29(37)22-9-11-25(12-10-22)36(40)41)31(39)34-14-15-35(20(2)19-34)30(38)23-7-8-23/h6,9-13,16,18,20,23,28,32H,3-5,7-8,14-15,17,19H2,1-2H3,(H,33,37). The first-order chi connectivity index (χ1) is 19.7. The fourth-order valence-electron chi connectivity index (χ4n) is 5.61. The van der Waals surface area contributed by atoms with Crippen molar-refractivity contribution in [2.45, 2.75) is 64.5 Å². The Kier molecular flexibility index (Phi) is 8.37. The normalized spacial score (nSPS) is 17.9. The molecule has 2 aromatic carbocycles. The summed E-state index contributed by atoms with van der Waals surface area (Å²) in [5.41, 5.74) is 3.28. The topological polar surface area (TPSA) is 129 Å². The highest BCUT2D eigenvalue weighted by Crippen LogP contribution is 2.32. The molecular formula is C31H37N5O5. The first-order valence-electron chi connectivity index (χ1n) is 14.5. The van der Waals surface area contributed by atoms with Gasteiger partial charge in [-0.25, -0.2) is 0 Å². The van der Waals surface area contributed by atoms with Crippen molar-refractivity contribution in [1.29, 1.82) is 0 Å². The number of hydrogen-bond donors (Lipinski definition) is 2. The number of H-pyrrole nitrogens is 1. The Morgan fingerprint density at radius 2 is 1.88 bits per heavy atom. The van der Waals surface area contributed by atoms with Crippen molar-refractivity contribution < 1.29 is 19.3 Å². The van der Waals surface area contributed by atoms with Gasteiger partial charge in [0, 0.05) is 72.8 Å². The minimum absolute atomic E-state index is 0.110. The molecule has 1 saturated carbocycles. The molecule has 3 aromatic rings. The van der Waals surface area contributed by atoms with E-state index in [0.29, 0.717) is 19.6 Å². The maximum atomic E-state index is 13.9. The molecule has 0 spiro atoms. The number of carbonyl (C=O) groups is 3. The molecule has 2 heterocycles. The molecule has 2 fully saturated rings. The Morgan fingerprint density at radius 3 is 2.54 bits per heavy atom. The molecule has 1 aromatic heterocycles. The van der Waals surface area contributed by atoms with Crippen LogP contribution >= 0.6 is 0 Å². The number of carbonyl (C=O) groups excluding carboxylic acids is 3. The number of nitrogens with zero attached hydrogens (tertiary/aromatic N) is 3. The number of aryl methyl sites for hydroxylation is 1. The second kappa shape index (κ2) is 12.1. The number of amides is 3. The second-order valence-corrected chi connectivity index (χ2v) is 11.3. The minimum Gasteiger partial charge on any atom is -0.361 e. The van der Waals surface area contributed by atoms with Gasteiger partial charge in [0.25, 0.3) is 11.6 Å². The van der Waals surface area contributed by atoms with E-state index in [4.69, 9.17) is 0 Å². The monoisotopic (exact) mass is 559 g/mol. The van der Waals surface area contributed by atoms with Gasteiger partial charge in [-0.15, -0.1) is 0 Å². The molecule has 216 valence electrons. The summed E-state index contributed by atoms with van der Waals surface area (Å²) < 4.78 is 0. The third-order valence-corrected chi connectivity index (χ3v) is 8.17. The number of rotatable bonds is 10. The van der Waals surface area contributed by atoms with Gasteiger partial charge in [-0.2, -0.15) is 0 Å². The summed E-state index contributed by atoms with van der Waals surface area (Å²) in [4.78, 5) is 57.3. The molecule has 5 rings (SSSR count). The lowest BCUT2D eigenvalue weighted by Gasteiger charge is -2.41. The van der Waals surface area contributed by atoms with Crippen LogP contribution in [0.1, 0.15) is 61.0 Å². The summed E-state index contributed by atoms with van der Waals surface area (Å²) in [6, 6.07) is 10.7. The number of aromatic nitrogens is 1. The highest BCUT2D eigenvalue weighted by Gasteiger charge is 2.39. The van der Waals surface area contributed by atoms with Crippen LogP contribution in [-0.4, -0.2) is 69.1 Å². The molecule has 41 heavy (non-hydrogen) atoms. The van der Waals surface area contributed by atoms with Crippen molar-refractivity contribution in [3.8, 4) is 0 Å². The van der Waals surface area contributed by atoms with Gasteiger partial charge in [0.05, 0.1) is 4.92 Å². The third-order valence-electron chi connectivity index (χ3n) is 8.17. The van der Waals surface area contributed by atoms with E-state index in [-0.39, 0.29) is 41.4 Å². The van der Waals surface area contributed by atoms with Gasteiger partial charge in [-0.1, -0.05) is 25.5 Å². The largest absolute Gasteiger partial charge is 0.361 e. The van der Waals surface area contributed by atoms with Gasteiger partial charge in [-0.05, 0) is 61.9 Å².